The fourth-order valence-corrected chi connectivity index (χ4v) is 4.92. The predicted octanol–water partition coefficient (Wildman–Crippen LogP) is 2.16. The first-order valence-corrected chi connectivity index (χ1v) is 11.2. The number of piperazine rings is 1. The Morgan fingerprint density at radius 2 is 1.97 bits per heavy atom. The van der Waals surface area contributed by atoms with Gasteiger partial charge in [0, 0.05) is 57.4 Å². The maximum atomic E-state index is 13.0. The normalized spacial score (nSPS) is 22.4. The van der Waals surface area contributed by atoms with Crippen molar-refractivity contribution >= 4 is 23.3 Å². The van der Waals surface area contributed by atoms with E-state index in [-0.39, 0.29) is 5.91 Å². The number of fused-ring (bicyclic) bond motifs is 1. The number of hydrogen-bond donors (Lipinski definition) is 1. The smallest absolute Gasteiger partial charge is 0.254 e. The number of rotatable bonds is 4. The summed E-state index contributed by atoms with van der Waals surface area (Å²) in [6.07, 6.45) is 2.23. The number of halogens is 1. The molecule has 1 unspecified atom stereocenters. The molecule has 0 saturated carbocycles. The summed E-state index contributed by atoms with van der Waals surface area (Å²) < 4.78 is 0. The van der Waals surface area contributed by atoms with Crippen LogP contribution in [0.2, 0.25) is 5.15 Å². The van der Waals surface area contributed by atoms with Crippen molar-refractivity contribution in [2.45, 2.75) is 32.0 Å². The Morgan fingerprint density at radius 3 is 2.70 bits per heavy atom. The van der Waals surface area contributed by atoms with Crippen LogP contribution in [0.5, 0.6) is 0 Å². The zero-order valence-corrected chi connectivity index (χ0v) is 17.8. The third-order valence-corrected chi connectivity index (χ3v) is 6.71. The number of hydrogen-bond acceptors (Lipinski definition) is 6. The highest BCUT2D eigenvalue weighted by Gasteiger charge is 2.34. The Morgan fingerprint density at radius 1 is 1.10 bits per heavy atom. The number of benzene rings is 1. The molecule has 1 aromatic carbocycles. The Bertz CT molecular complexity index is 906. The van der Waals surface area contributed by atoms with Gasteiger partial charge in [0.05, 0.1) is 0 Å². The van der Waals surface area contributed by atoms with Crippen molar-refractivity contribution in [1.29, 1.82) is 0 Å². The SMILES string of the molecule is O=C1c2cccc(CN3CCN(c4ccc(Cl)nn4)CC3)c2CN1C1CCCNC1. The summed E-state index contributed by atoms with van der Waals surface area (Å²) in [5.41, 5.74) is 3.40. The number of amides is 1. The van der Waals surface area contributed by atoms with Gasteiger partial charge in [0.1, 0.15) is 0 Å². The molecule has 3 aliphatic heterocycles. The fraction of sp³-hybridized carbons (Fsp3) is 0.500. The first-order chi connectivity index (χ1) is 14.7. The number of anilines is 1. The molecular weight excluding hydrogens is 400 g/mol. The van der Waals surface area contributed by atoms with E-state index < -0.39 is 0 Å². The monoisotopic (exact) mass is 426 g/mol. The number of carbonyl (C=O) groups excluding carboxylic acids is 1. The van der Waals surface area contributed by atoms with Crippen LogP contribution in [0.25, 0.3) is 0 Å². The molecule has 8 heteroatoms. The van der Waals surface area contributed by atoms with Crippen molar-refractivity contribution in [3.8, 4) is 0 Å². The number of carbonyl (C=O) groups is 1. The first-order valence-electron chi connectivity index (χ1n) is 10.8. The Balaban J connectivity index is 1.24. The van der Waals surface area contributed by atoms with Gasteiger partial charge in [-0.25, -0.2) is 0 Å². The standard InChI is InChI=1S/C22H27ClN6O/c23-20-6-7-21(26-25-20)28-11-9-27(10-12-28)14-16-3-1-5-18-19(16)15-29(22(18)30)17-4-2-8-24-13-17/h1,3,5-7,17,24H,2,4,8-15H2. The van der Waals surface area contributed by atoms with E-state index in [1.165, 1.54) is 11.1 Å². The Hall–Kier alpha value is -2.22. The quantitative estimate of drug-likeness (QED) is 0.808. The summed E-state index contributed by atoms with van der Waals surface area (Å²) in [7, 11) is 0. The van der Waals surface area contributed by atoms with E-state index in [1.807, 2.05) is 18.2 Å². The average Bonchev–Trinajstić information content (AvgIpc) is 3.13. The summed E-state index contributed by atoms with van der Waals surface area (Å²) in [5, 5.41) is 12.0. The maximum Gasteiger partial charge on any atom is 0.254 e. The van der Waals surface area contributed by atoms with Crippen molar-refractivity contribution in [2.24, 2.45) is 0 Å². The van der Waals surface area contributed by atoms with Crippen LogP contribution >= 0.6 is 11.6 Å². The van der Waals surface area contributed by atoms with E-state index in [9.17, 15) is 4.79 Å². The first kappa shape index (κ1) is 19.7. The third kappa shape index (κ3) is 3.89. The molecule has 158 valence electrons. The van der Waals surface area contributed by atoms with Gasteiger partial charge in [-0.05, 0) is 48.7 Å². The number of nitrogens with zero attached hydrogens (tertiary/aromatic N) is 5. The van der Waals surface area contributed by atoms with Crippen LogP contribution in [0.3, 0.4) is 0 Å². The third-order valence-electron chi connectivity index (χ3n) is 6.51. The van der Waals surface area contributed by atoms with Crippen molar-refractivity contribution in [2.75, 3.05) is 44.2 Å². The second-order valence-corrected chi connectivity index (χ2v) is 8.74. The average molecular weight is 427 g/mol. The summed E-state index contributed by atoms with van der Waals surface area (Å²) in [6, 6.07) is 10.2. The summed E-state index contributed by atoms with van der Waals surface area (Å²) in [5.74, 6) is 1.08. The summed E-state index contributed by atoms with van der Waals surface area (Å²) >= 11 is 5.85. The molecule has 0 radical (unpaired) electrons. The highest BCUT2D eigenvalue weighted by atomic mass is 35.5. The van der Waals surface area contributed by atoms with Gasteiger partial charge in [-0.3, -0.25) is 9.69 Å². The minimum atomic E-state index is 0.201. The predicted molar refractivity (Wildman–Crippen MR) is 117 cm³/mol. The molecule has 1 aromatic heterocycles. The van der Waals surface area contributed by atoms with E-state index in [4.69, 9.17) is 11.6 Å². The van der Waals surface area contributed by atoms with Crippen molar-refractivity contribution < 1.29 is 4.79 Å². The lowest BCUT2D eigenvalue weighted by molar-refractivity contribution is 0.0674. The van der Waals surface area contributed by atoms with Crippen LogP contribution in [0, 0.1) is 0 Å². The zero-order chi connectivity index (χ0) is 20.5. The van der Waals surface area contributed by atoms with Gasteiger partial charge in [0.2, 0.25) is 0 Å². The molecule has 0 spiro atoms. The van der Waals surface area contributed by atoms with Gasteiger partial charge < -0.3 is 15.1 Å². The van der Waals surface area contributed by atoms with Crippen LogP contribution < -0.4 is 10.2 Å². The van der Waals surface area contributed by atoms with E-state index >= 15 is 0 Å². The highest BCUT2D eigenvalue weighted by Crippen LogP contribution is 2.30. The number of nitrogens with one attached hydrogen (secondary N) is 1. The largest absolute Gasteiger partial charge is 0.353 e. The van der Waals surface area contributed by atoms with Gasteiger partial charge in [-0.2, -0.15) is 0 Å². The van der Waals surface area contributed by atoms with Crippen LogP contribution in [0.4, 0.5) is 5.82 Å². The van der Waals surface area contributed by atoms with Crippen LogP contribution in [-0.2, 0) is 13.1 Å². The van der Waals surface area contributed by atoms with Gasteiger partial charge in [0.25, 0.3) is 5.91 Å². The van der Waals surface area contributed by atoms with Gasteiger partial charge in [-0.15, -0.1) is 10.2 Å². The van der Waals surface area contributed by atoms with E-state index in [0.29, 0.717) is 11.2 Å². The number of aromatic nitrogens is 2. The van der Waals surface area contributed by atoms with Gasteiger partial charge >= 0.3 is 0 Å². The van der Waals surface area contributed by atoms with Crippen molar-refractivity contribution in [3.63, 3.8) is 0 Å². The Labute approximate surface area is 182 Å². The lowest BCUT2D eigenvalue weighted by atomic mass is 10.0. The van der Waals surface area contributed by atoms with E-state index in [1.54, 1.807) is 6.07 Å². The summed E-state index contributed by atoms with van der Waals surface area (Å²) in [4.78, 5) is 19.8. The van der Waals surface area contributed by atoms with Crippen LogP contribution in [0.1, 0.15) is 34.3 Å². The minimum absolute atomic E-state index is 0.201. The molecule has 5 rings (SSSR count). The molecule has 3 aliphatic rings. The van der Waals surface area contributed by atoms with E-state index in [2.05, 4.69) is 36.3 Å². The van der Waals surface area contributed by atoms with E-state index in [0.717, 1.165) is 76.6 Å². The lowest BCUT2D eigenvalue weighted by Crippen LogP contribution is -2.46. The van der Waals surface area contributed by atoms with Gasteiger partial charge in [0.15, 0.2) is 11.0 Å². The molecule has 2 aromatic rings. The molecule has 7 nitrogen and oxygen atoms in total. The molecular formula is C22H27ClN6O. The molecule has 4 heterocycles. The van der Waals surface area contributed by atoms with Crippen LogP contribution in [0.15, 0.2) is 30.3 Å². The highest BCUT2D eigenvalue weighted by molar-refractivity contribution is 6.29. The summed E-state index contributed by atoms with van der Waals surface area (Å²) in [6.45, 7) is 7.32. The van der Waals surface area contributed by atoms with Crippen molar-refractivity contribution in [1.82, 2.24) is 25.3 Å². The van der Waals surface area contributed by atoms with Crippen molar-refractivity contribution in [3.05, 3.63) is 52.2 Å². The molecule has 1 amide bonds. The maximum absolute atomic E-state index is 13.0. The molecule has 1 N–H and O–H groups in total. The molecule has 0 aliphatic carbocycles. The topological polar surface area (TPSA) is 64.6 Å². The molecule has 2 saturated heterocycles. The Kier molecular flexibility index (Phi) is 5.58. The van der Waals surface area contributed by atoms with Gasteiger partial charge in [-0.1, -0.05) is 23.7 Å². The molecule has 2 fully saturated rings. The lowest BCUT2D eigenvalue weighted by Gasteiger charge is -2.35. The fourth-order valence-electron chi connectivity index (χ4n) is 4.81. The zero-order valence-electron chi connectivity index (χ0n) is 17.1. The second-order valence-electron chi connectivity index (χ2n) is 8.35. The number of piperidine rings is 1. The molecule has 1 atom stereocenters. The van der Waals surface area contributed by atoms with Crippen LogP contribution in [-0.4, -0.2) is 71.2 Å². The minimum Gasteiger partial charge on any atom is -0.353 e. The molecule has 0 bridgehead atoms. The second kappa shape index (κ2) is 8.49. The molecule has 30 heavy (non-hydrogen) atoms.